The molecule has 2 aliphatic rings. The van der Waals surface area contributed by atoms with Crippen molar-refractivity contribution in [2.45, 2.75) is 44.9 Å². The highest BCUT2D eigenvalue weighted by Gasteiger charge is 2.38. The molecule has 2 aliphatic heterocycles. The first-order valence-corrected chi connectivity index (χ1v) is 5.96. The van der Waals surface area contributed by atoms with Crippen molar-refractivity contribution in [3.63, 3.8) is 0 Å². The minimum Gasteiger partial charge on any atom is -0.493 e. The lowest BCUT2D eigenvalue weighted by Crippen LogP contribution is -2.48. The van der Waals surface area contributed by atoms with Crippen LogP contribution >= 0.6 is 0 Å². The van der Waals surface area contributed by atoms with Crippen LogP contribution in [0, 0.1) is 11.8 Å². The zero-order valence-corrected chi connectivity index (χ0v) is 11.2. The average Bonchev–Trinajstić information content (AvgIpc) is 2.86. The van der Waals surface area contributed by atoms with Crippen LogP contribution in [0.4, 0.5) is 0 Å². The quantitative estimate of drug-likeness (QED) is 0.909. The molecule has 0 bridgehead atoms. The fraction of sp³-hybridized carbons (Fsp3) is 0.684. The molecule has 1 saturated heterocycles. The van der Waals surface area contributed by atoms with Crippen molar-refractivity contribution in [2.75, 3.05) is 27.1 Å². The van der Waals surface area contributed by atoms with Gasteiger partial charge in [0.15, 0.2) is 11.5 Å². The summed E-state index contributed by atoms with van der Waals surface area (Å²) in [7, 11) is -7.37. The lowest BCUT2D eigenvalue weighted by Gasteiger charge is -2.46. The molecule has 128 valence electrons. The van der Waals surface area contributed by atoms with Crippen molar-refractivity contribution in [2.24, 2.45) is 11.8 Å². The summed E-state index contributed by atoms with van der Waals surface area (Å²) in [5.41, 5.74) is -3.56. The first kappa shape index (κ1) is 3.49. The van der Waals surface area contributed by atoms with E-state index in [0.29, 0.717) is 0 Å². The lowest BCUT2D eigenvalue weighted by atomic mass is 9.79. The molecule has 1 aromatic rings. The highest BCUT2D eigenvalue weighted by Crippen LogP contribution is 2.43. The second-order valence-corrected chi connectivity index (χ2v) is 4.24. The van der Waals surface area contributed by atoms with E-state index in [-0.39, 0.29) is 0 Å². The van der Waals surface area contributed by atoms with Gasteiger partial charge in [-0.25, -0.2) is 0 Å². The zero-order chi connectivity index (χ0) is 41.0. The van der Waals surface area contributed by atoms with Crippen molar-refractivity contribution in [3.05, 3.63) is 23.2 Å². The molecule has 0 spiro atoms. The van der Waals surface area contributed by atoms with Gasteiger partial charge in [-0.15, -0.1) is 0 Å². The first-order valence-electron chi connectivity index (χ1n) is 20.0. The molecule has 23 heavy (non-hydrogen) atoms. The van der Waals surface area contributed by atoms with Crippen LogP contribution in [0.1, 0.15) is 82.0 Å². The third-order valence-corrected chi connectivity index (χ3v) is 2.84. The van der Waals surface area contributed by atoms with Crippen LogP contribution < -0.4 is 9.47 Å². The van der Waals surface area contributed by atoms with Gasteiger partial charge in [-0.1, -0.05) is 13.7 Å². The monoisotopic (exact) mass is 347 g/mol. The normalized spacial score (nSPS) is 67.0. The maximum absolute atomic E-state index is 11.6. The van der Waals surface area contributed by atoms with Crippen LogP contribution in [0.15, 0.2) is 12.1 Å². The highest BCUT2D eigenvalue weighted by atomic mass is 16.5. The molecule has 4 heteroatoms. The Morgan fingerprint density at radius 2 is 2.30 bits per heavy atom. The van der Waals surface area contributed by atoms with Gasteiger partial charge in [0.25, 0.3) is 0 Å². The molecule has 3 unspecified atom stereocenters. The fourth-order valence-corrected chi connectivity index (χ4v) is 1.91. The number of benzene rings is 1. The van der Waals surface area contributed by atoms with Gasteiger partial charge < -0.3 is 14.6 Å². The molecular formula is C19H29NO3. The third-order valence-electron chi connectivity index (χ3n) is 2.84. The topological polar surface area (TPSA) is 41.9 Å². The van der Waals surface area contributed by atoms with E-state index < -0.39 is 123 Å². The van der Waals surface area contributed by atoms with Gasteiger partial charge in [0, 0.05) is 43.7 Å². The molecule has 4 nitrogen and oxygen atoms in total. The van der Waals surface area contributed by atoms with Crippen LogP contribution in [0.5, 0.6) is 11.5 Å². The molecule has 3 atom stereocenters. The minimum absolute atomic E-state index is 0.983. The van der Waals surface area contributed by atoms with E-state index in [9.17, 15) is 6.48 Å². The summed E-state index contributed by atoms with van der Waals surface area (Å²) in [6.07, 6.45) is -19.1. The molecule has 1 N–H and O–H groups in total. The Hall–Kier alpha value is -1.26. The Labute approximate surface area is 178 Å². The van der Waals surface area contributed by atoms with E-state index in [2.05, 4.69) is 9.47 Å². The van der Waals surface area contributed by atoms with E-state index in [1.54, 1.807) is 0 Å². The standard InChI is InChI=1S/C19H29NO3/c1-12(2)7-14-11-20-6-5-13-8-18(22-3)19(23-4)9-15(13)16(20)10-17(14)21/h8-9,12,14,16-17,21H,5-7,10-11H2,1-4H3/i1D3,2D3,3D3,4D3,5D2,6D2,7D2,8D,9D,10D2,11D2,12D,14D,16D,17D. The number of rotatable bonds is 4. The number of aliphatic hydroxyl groups is 1. The van der Waals surface area contributed by atoms with Gasteiger partial charge in [0.2, 0.25) is 0 Å². The summed E-state index contributed by atoms with van der Waals surface area (Å²) in [5, 5.41) is 11.6. The molecule has 0 saturated carbocycles. The first-order chi connectivity index (χ1) is 21.9. The molecule has 1 aromatic carbocycles. The van der Waals surface area contributed by atoms with E-state index in [1.165, 1.54) is 0 Å². The zero-order valence-electron chi connectivity index (χ0n) is 39.2. The Kier molecular flexibility index (Phi) is 1.02. The molecule has 2 heterocycles. The maximum atomic E-state index is 11.6. The summed E-state index contributed by atoms with van der Waals surface area (Å²) in [6, 6.07) is -8.03. The highest BCUT2D eigenvalue weighted by molar-refractivity contribution is 5.49. The summed E-state index contributed by atoms with van der Waals surface area (Å²) in [5.74, 6) is -13.2. The predicted molar refractivity (Wildman–Crippen MR) is 91.1 cm³/mol. The van der Waals surface area contributed by atoms with Crippen molar-refractivity contribution < 1.29 is 53.0 Å². The third kappa shape index (κ3) is 3.20. The van der Waals surface area contributed by atoms with Gasteiger partial charge >= 0.3 is 0 Å². The van der Waals surface area contributed by atoms with Gasteiger partial charge in [-0.2, -0.15) is 0 Å². The second kappa shape index (κ2) is 6.70. The summed E-state index contributed by atoms with van der Waals surface area (Å²) >= 11 is 0. The molecule has 0 aliphatic carbocycles. The Morgan fingerprint density at radius 1 is 1.52 bits per heavy atom. The molecule has 0 aromatic heterocycles. The van der Waals surface area contributed by atoms with Gasteiger partial charge in [0.1, 0.15) is 0 Å². The second-order valence-electron chi connectivity index (χ2n) is 4.24. The molecule has 0 amide bonds. The van der Waals surface area contributed by atoms with Crippen molar-refractivity contribution in [3.8, 4) is 11.5 Å². The fourth-order valence-electron chi connectivity index (χ4n) is 1.91. The number of ether oxygens (including phenoxy) is 2. The summed E-state index contributed by atoms with van der Waals surface area (Å²) in [6.45, 7) is -18.3. The summed E-state index contributed by atoms with van der Waals surface area (Å²) < 4.78 is 240. The Morgan fingerprint density at radius 3 is 3.04 bits per heavy atom. The molecule has 3 rings (SSSR count). The van der Waals surface area contributed by atoms with Crippen molar-refractivity contribution in [1.82, 2.24) is 4.90 Å². The molecule has 1 fully saturated rings. The lowest BCUT2D eigenvalue weighted by molar-refractivity contribution is -0.0191. The number of hydrogen-bond acceptors (Lipinski definition) is 4. The van der Waals surface area contributed by atoms with Crippen LogP contribution in [0.25, 0.3) is 0 Å². The number of methoxy groups -OCH3 is 2. The van der Waals surface area contributed by atoms with Crippen LogP contribution in [0.3, 0.4) is 0 Å². The van der Waals surface area contributed by atoms with Crippen LogP contribution in [-0.2, 0) is 6.37 Å². The van der Waals surface area contributed by atoms with E-state index in [4.69, 9.17) is 37.0 Å². The van der Waals surface area contributed by atoms with E-state index >= 15 is 0 Å². The van der Waals surface area contributed by atoms with Crippen molar-refractivity contribution in [1.29, 1.82) is 0 Å². The number of piperidine rings is 1. The van der Waals surface area contributed by atoms with E-state index in [1.807, 2.05) is 0 Å². The van der Waals surface area contributed by atoms with Crippen LogP contribution in [-0.4, -0.2) is 43.2 Å². The maximum Gasteiger partial charge on any atom is 0.161 e. The predicted octanol–water partition coefficient (Wildman–Crippen LogP) is 3.03. The largest absolute Gasteiger partial charge is 0.493 e. The van der Waals surface area contributed by atoms with Gasteiger partial charge in [0.05, 0.1) is 33.9 Å². The Bertz CT molecular complexity index is 1570. The van der Waals surface area contributed by atoms with E-state index in [0.717, 1.165) is 0 Å². The molecule has 0 radical (unpaired) electrons. The average molecular weight is 348 g/mol. The van der Waals surface area contributed by atoms with Crippen LogP contribution in [0.2, 0.25) is 0 Å². The smallest absolute Gasteiger partial charge is 0.161 e. The summed E-state index contributed by atoms with van der Waals surface area (Å²) in [4.78, 5) is -0.983. The van der Waals surface area contributed by atoms with Crippen molar-refractivity contribution >= 4 is 0 Å². The number of fused-ring (bicyclic) bond motifs is 3. The number of nitrogens with zero attached hydrogens (tertiary/aromatic N) is 1. The Balaban J connectivity index is 2.77. The SMILES string of the molecule is [2H]c1c(OC([2H])([2H])[2H])c(OC([2H])([2H])[2H])c([2H])c2c1C([2H])([2H])C([2H])([2H])N1C([2H])([2H])C([2H])(C([2H])([2H])C([2H])(C([2H])([2H])[2H])C([2H])([2H])[2H])C([2H])(O)C([2H])([2H])C21[2H]. The number of hydrogen-bond donors (Lipinski definition) is 1. The van der Waals surface area contributed by atoms with Gasteiger partial charge in [-0.3, -0.25) is 4.90 Å². The minimum atomic E-state index is -5.11. The van der Waals surface area contributed by atoms with Gasteiger partial charge in [-0.05, 0) is 54.1 Å². The molecular weight excluding hydrogens is 290 g/mol.